The second-order valence-electron chi connectivity index (χ2n) is 10.4. The SMILES string of the molecule is CCCC1(SCC(NC(=O)CCC(O)(NCNC)C(=O)O)C(=O)NC(O)C(=O)O)CCC2CC=CC3C(=O)OC1=C23. The number of carboxylic acid groups (broad SMARTS) is 2. The van der Waals surface area contributed by atoms with Crippen LogP contribution >= 0.6 is 11.8 Å². The Bertz CT molecular complexity index is 1110. The van der Waals surface area contributed by atoms with Gasteiger partial charge in [0.15, 0.2) is 0 Å². The molecule has 6 atom stereocenters. The minimum atomic E-state index is -2.42. The lowest BCUT2D eigenvalue weighted by Crippen LogP contribution is -2.56. The number of aliphatic hydroxyl groups is 2. The second kappa shape index (κ2) is 13.8. The summed E-state index contributed by atoms with van der Waals surface area (Å²) in [6, 6.07) is -1.33. The maximum absolute atomic E-state index is 13.0. The number of allylic oxidation sites excluding steroid dienone is 1. The zero-order chi connectivity index (χ0) is 30.4. The van der Waals surface area contributed by atoms with Crippen LogP contribution in [0.15, 0.2) is 23.5 Å². The summed E-state index contributed by atoms with van der Waals surface area (Å²) < 4.78 is 5.15. The number of carbonyl (C=O) groups excluding carboxylic acids is 3. The van der Waals surface area contributed by atoms with Gasteiger partial charge in [-0.1, -0.05) is 25.5 Å². The molecule has 0 bridgehead atoms. The highest BCUT2D eigenvalue weighted by Crippen LogP contribution is 2.55. The van der Waals surface area contributed by atoms with Crippen molar-refractivity contribution in [2.75, 3.05) is 19.5 Å². The van der Waals surface area contributed by atoms with Crippen molar-refractivity contribution in [2.45, 2.75) is 74.6 Å². The molecule has 41 heavy (non-hydrogen) atoms. The number of hydrogen-bond acceptors (Lipinski definition) is 11. The van der Waals surface area contributed by atoms with Crippen molar-refractivity contribution >= 4 is 41.5 Å². The van der Waals surface area contributed by atoms with Crippen molar-refractivity contribution in [3.05, 3.63) is 23.5 Å². The summed E-state index contributed by atoms with van der Waals surface area (Å²) in [5, 5.41) is 47.9. The fourth-order valence-corrected chi connectivity index (χ4v) is 7.03. The minimum Gasteiger partial charge on any atom is -0.478 e. The van der Waals surface area contributed by atoms with Crippen LogP contribution in [-0.2, 0) is 28.7 Å². The van der Waals surface area contributed by atoms with Crippen LogP contribution < -0.4 is 21.3 Å². The van der Waals surface area contributed by atoms with E-state index in [-0.39, 0.29) is 24.3 Å². The van der Waals surface area contributed by atoms with E-state index in [1.54, 1.807) is 0 Å². The molecule has 0 aromatic rings. The molecule has 14 nitrogen and oxygen atoms in total. The van der Waals surface area contributed by atoms with Gasteiger partial charge in [0.05, 0.1) is 4.75 Å². The van der Waals surface area contributed by atoms with Gasteiger partial charge in [0.25, 0.3) is 0 Å². The topological polar surface area (TPSA) is 224 Å². The molecule has 8 N–H and O–H groups in total. The third kappa shape index (κ3) is 7.46. The number of rotatable bonds is 16. The standard InChI is InChI=1S/C26H38N4O10S/c1-3-9-25(10-7-14-5-4-6-15-18(14)19(25)40-23(15)36)41-12-16(20(32)30-21(33)22(34)35)29-17(31)8-11-26(39,24(37)38)28-13-27-2/h4,6,14-16,21,27-28,33,39H,3,5,7-13H2,1-2H3,(H,29,31)(H,30,32)(H,34,35)(H,37,38). The molecule has 0 fully saturated rings. The van der Waals surface area contributed by atoms with Crippen molar-refractivity contribution in [2.24, 2.45) is 11.8 Å². The van der Waals surface area contributed by atoms with E-state index in [4.69, 9.17) is 9.84 Å². The molecule has 2 amide bonds. The molecule has 1 aliphatic heterocycles. The van der Waals surface area contributed by atoms with Crippen molar-refractivity contribution in [3.8, 4) is 0 Å². The van der Waals surface area contributed by atoms with Gasteiger partial charge in [0, 0.05) is 25.3 Å². The van der Waals surface area contributed by atoms with Gasteiger partial charge in [-0.25, -0.2) is 9.59 Å². The highest BCUT2D eigenvalue weighted by atomic mass is 32.2. The number of thioether (sulfide) groups is 1. The van der Waals surface area contributed by atoms with Crippen molar-refractivity contribution in [3.63, 3.8) is 0 Å². The van der Waals surface area contributed by atoms with Gasteiger partial charge in [-0.3, -0.25) is 19.7 Å². The Morgan fingerprint density at radius 3 is 2.61 bits per heavy atom. The van der Waals surface area contributed by atoms with Crippen LogP contribution in [0, 0.1) is 11.8 Å². The third-order valence-corrected chi connectivity index (χ3v) is 9.17. The molecular weight excluding hydrogens is 560 g/mol. The van der Waals surface area contributed by atoms with E-state index >= 15 is 0 Å². The Labute approximate surface area is 241 Å². The van der Waals surface area contributed by atoms with E-state index in [1.165, 1.54) is 18.8 Å². The number of esters is 1. The number of nitrogens with one attached hydrogen (secondary N) is 4. The molecule has 0 aromatic carbocycles. The van der Waals surface area contributed by atoms with Crippen LogP contribution in [0.4, 0.5) is 0 Å². The Morgan fingerprint density at radius 1 is 1.24 bits per heavy atom. The third-order valence-electron chi connectivity index (χ3n) is 7.52. The fourth-order valence-electron chi connectivity index (χ4n) is 5.41. The summed E-state index contributed by atoms with van der Waals surface area (Å²) in [5.74, 6) is -5.10. The maximum atomic E-state index is 13.0. The molecule has 1 heterocycles. The van der Waals surface area contributed by atoms with Gasteiger partial charge in [-0.15, -0.1) is 11.8 Å². The highest BCUT2D eigenvalue weighted by Gasteiger charge is 2.52. The van der Waals surface area contributed by atoms with Gasteiger partial charge in [0.2, 0.25) is 23.8 Å². The molecule has 2 aliphatic carbocycles. The van der Waals surface area contributed by atoms with Gasteiger partial charge in [-0.2, -0.15) is 0 Å². The van der Waals surface area contributed by atoms with E-state index in [1.807, 2.05) is 24.4 Å². The lowest BCUT2D eigenvalue weighted by Gasteiger charge is -2.41. The molecule has 0 saturated heterocycles. The lowest BCUT2D eigenvalue weighted by atomic mass is 9.71. The lowest BCUT2D eigenvalue weighted by molar-refractivity contribution is -0.164. The Hall–Kier alpha value is -2.98. The number of aliphatic hydroxyl groups excluding tert-OH is 1. The summed E-state index contributed by atoms with van der Waals surface area (Å²) >= 11 is 1.31. The maximum Gasteiger partial charge on any atom is 0.353 e. The summed E-state index contributed by atoms with van der Waals surface area (Å²) in [5.41, 5.74) is -1.46. The van der Waals surface area contributed by atoms with Gasteiger partial charge in [-0.05, 0) is 44.2 Å². The molecule has 0 saturated carbocycles. The molecule has 6 unspecified atom stereocenters. The van der Waals surface area contributed by atoms with Crippen LogP contribution in [0.25, 0.3) is 0 Å². The molecule has 3 aliphatic rings. The first-order chi connectivity index (χ1) is 19.4. The molecule has 0 spiro atoms. The summed E-state index contributed by atoms with van der Waals surface area (Å²) in [6.45, 7) is 1.92. The number of amides is 2. The number of aliphatic carboxylic acids is 2. The van der Waals surface area contributed by atoms with Crippen LogP contribution in [0.2, 0.25) is 0 Å². The second-order valence-corrected chi connectivity index (χ2v) is 11.8. The number of ether oxygens (including phenoxy) is 1. The molecule has 3 rings (SSSR count). The van der Waals surface area contributed by atoms with Crippen molar-refractivity contribution in [1.29, 1.82) is 0 Å². The van der Waals surface area contributed by atoms with Gasteiger partial charge < -0.3 is 41.1 Å². The zero-order valence-corrected chi connectivity index (χ0v) is 23.8. The summed E-state index contributed by atoms with van der Waals surface area (Å²) in [4.78, 5) is 61.2. The smallest absolute Gasteiger partial charge is 0.353 e. The molecule has 15 heteroatoms. The van der Waals surface area contributed by atoms with Gasteiger partial charge >= 0.3 is 17.9 Å². The molecule has 228 valence electrons. The summed E-state index contributed by atoms with van der Waals surface area (Å²) in [7, 11) is 1.53. The Balaban J connectivity index is 1.80. The number of hydrogen-bond donors (Lipinski definition) is 8. The first-order valence-electron chi connectivity index (χ1n) is 13.5. The predicted molar refractivity (Wildman–Crippen MR) is 146 cm³/mol. The summed E-state index contributed by atoms with van der Waals surface area (Å²) in [6.07, 6.45) is 4.23. The van der Waals surface area contributed by atoms with E-state index < -0.39 is 65.3 Å². The number of carbonyl (C=O) groups is 5. The van der Waals surface area contributed by atoms with Crippen molar-refractivity contribution in [1.82, 2.24) is 21.3 Å². The van der Waals surface area contributed by atoms with E-state index in [2.05, 4.69) is 16.0 Å². The number of carboxylic acids is 2. The zero-order valence-electron chi connectivity index (χ0n) is 23.0. The van der Waals surface area contributed by atoms with Crippen LogP contribution in [0.3, 0.4) is 0 Å². The monoisotopic (exact) mass is 598 g/mol. The van der Waals surface area contributed by atoms with E-state index in [9.17, 15) is 39.3 Å². The Morgan fingerprint density at radius 2 is 1.98 bits per heavy atom. The average Bonchev–Trinajstić information content (AvgIpc) is 3.28. The Kier molecular flexibility index (Phi) is 10.9. The normalized spacial score (nSPS) is 25.9. The molecular formula is C26H38N4O10S. The fraction of sp³-hybridized carbons (Fsp3) is 0.654. The average molecular weight is 599 g/mol. The van der Waals surface area contributed by atoms with E-state index in [0.29, 0.717) is 18.6 Å². The molecule has 0 aromatic heterocycles. The van der Waals surface area contributed by atoms with Crippen LogP contribution in [0.5, 0.6) is 0 Å². The first kappa shape index (κ1) is 32.5. The largest absolute Gasteiger partial charge is 0.478 e. The van der Waals surface area contributed by atoms with E-state index in [0.717, 1.165) is 24.8 Å². The highest BCUT2D eigenvalue weighted by molar-refractivity contribution is 8.00. The van der Waals surface area contributed by atoms with Gasteiger partial charge in [0.1, 0.15) is 17.7 Å². The predicted octanol–water partition coefficient (Wildman–Crippen LogP) is -0.621. The van der Waals surface area contributed by atoms with Crippen molar-refractivity contribution < 1.29 is 49.1 Å². The minimum absolute atomic E-state index is 0.0569. The van der Waals surface area contributed by atoms with Crippen LogP contribution in [-0.4, -0.2) is 92.4 Å². The van der Waals surface area contributed by atoms with Crippen LogP contribution in [0.1, 0.15) is 51.9 Å². The first-order valence-corrected chi connectivity index (χ1v) is 14.5. The quantitative estimate of drug-likeness (QED) is 0.0631. The molecule has 0 radical (unpaired) electrons.